The molecule has 0 spiro atoms. The molecule has 1 aromatic carbocycles. The maximum Gasteiger partial charge on any atom is 0.271 e. The molecule has 2 aromatic rings. The second kappa shape index (κ2) is 6.11. The number of hydrogen-bond donors (Lipinski definition) is 2. The summed E-state index contributed by atoms with van der Waals surface area (Å²) in [5, 5.41) is 10.7. The van der Waals surface area contributed by atoms with E-state index in [1.807, 2.05) is 0 Å². The number of hydrazine groups is 1. The summed E-state index contributed by atoms with van der Waals surface area (Å²) in [7, 11) is 0. The molecule has 3 N–H and O–H groups in total. The SMILES string of the molecule is NNc1nccc(Oc2c(Br)cc([N+](=O)[O-])cc2Br)n1. The van der Waals surface area contributed by atoms with Crippen molar-refractivity contribution in [2.24, 2.45) is 5.84 Å². The van der Waals surface area contributed by atoms with E-state index in [1.165, 1.54) is 24.4 Å². The number of ether oxygens (including phenoxy) is 1. The minimum absolute atomic E-state index is 0.0666. The predicted molar refractivity (Wildman–Crippen MR) is 78.4 cm³/mol. The Kier molecular flexibility index (Phi) is 4.47. The Morgan fingerprint density at radius 2 is 2.00 bits per heavy atom. The van der Waals surface area contributed by atoms with Gasteiger partial charge in [0.1, 0.15) is 0 Å². The van der Waals surface area contributed by atoms with E-state index < -0.39 is 4.92 Å². The minimum atomic E-state index is -0.500. The zero-order valence-electron chi connectivity index (χ0n) is 9.71. The summed E-state index contributed by atoms with van der Waals surface area (Å²) in [6, 6.07) is 4.20. The summed E-state index contributed by atoms with van der Waals surface area (Å²) in [6.07, 6.45) is 1.46. The minimum Gasteiger partial charge on any atom is -0.436 e. The Labute approximate surface area is 129 Å². The molecular formula is C10H7Br2N5O3. The highest BCUT2D eigenvalue weighted by Crippen LogP contribution is 2.39. The average Bonchev–Trinajstić information content (AvgIpc) is 2.42. The standard InChI is InChI=1S/C10H7Br2N5O3/c11-6-3-5(17(18)19)4-7(12)9(6)20-8-1-2-14-10(15-8)16-13/h1-4H,13H2,(H,14,15,16). The second-order valence-corrected chi connectivity index (χ2v) is 5.17. The lowest BCUT2D eigenvalue weighted by molar-refractivity contribution is -0.385. The van der Waals surface area contributed by atoms with Gasteiger partial charge >= 0.3 is 0 Å². The van der Waals surface area contributed by atoms with Crippen LogP contribution in [0.4, 0.5) is 11.6 Å². The van der Waals surface area contributed by atoms with Crippen molar-refractivity contribution < 1.29 is 9.66 Å². The van der Waals surface area contributed by atoms with Gasteiger partial charge in [-0.3, -0.25) is 15.5 Å². The van der Waals surface area contributed by atoms with Gasteiger partial charge in [0.25, 0.3) is 5.69 Å². The van der Waals surface area contributed by atoms with Crippen LogP contribution in [0.15, 0.2) is 33.3 Å². The van der Waals surface area contributed by atoms with E-state index in [-0.39, 0.29) is 17.5 Å². The van der Waals surface area contributed by atoms with Crippen molar-refractivity contribution >= 4 is 43.5 Å². The number of hydrogen-bond acceptors (Lipinski definition) is 7. The third-order valence-electron chi connectivity index (χ3n) is 2.16. The lowest BCUT2D eigenvalue weighted by Gasteiger charge is -2.09. The summed E-state index contributed by atoms with van der Waals surface area (Å²) in [5.74, 6) is 5.99. The number of nitrogens with two attached hydrogens (primary N) is 1. The predicted octanol–water partition coefficient (Wildman–Crippen LogP) is 2.99. The first-order chi connectivity index (χ1) is 9.51. The molecular weight excluding hydrogens is 398 g/mol. The highest BCUT2D eigenvalue weighted by molar-refractivity contribution is 9.11. The van der Waals surface area contributed by atoms with Gasteiger partial charge in [-0.2, -0.15) is 4.98 Å². The molecule has 2 rings (SSSR count). The number of halogens is 2. The molecule has 0 unspecified atom stereocenters. The monoisotopic (exact) mass is 403 g/mol. The lowest BCUT2D eigenvalue weighted by Crippen LogP contribution is -2.10. The van der Waals surface area contributed by atoms with Crippen molar-refractivity contribution in [3.8, 4) is 11.6 Å². The fraction of sp³-hybridized carbons (Fsp3) is 0. The van der Waals surface area contributed by atoms with Crippen LogP contribution in [-0.4, -0.2) is 14.9 Å². The zero-order valence-corrected chi connectivity index (χ0v) is 12.9. The van der Waals surface area contributed by atoms with Gasteiger partial charge in [-0.1, -0.05) is 0 Å². The smallest absolute Gasteiger partial charge is 0.271 e. The van der Waals surface area contributed by atoms with Crippen LogP contribution in [0.25, 0.3) is 0 Å². The largest absolute Gasteiger partial charge is 0.436 e. The molecule has 0 radical (unpaired) electrons. The van der Waals surface area contributed by atoms with Gasteiger partial charge < -0.3 is 4.74 Å². The van der Waals surface area contributed by atoms with Crippen molar-refractivity contribution in [1.82, 2.24) is 9.97 Å². The van der Waals surface area contributed by atoms with Gasteiger partial charge in [0.05, 0.1) is 13.9 Å². The van der Waals surface area contributed by atoms with Crippen molar-refractivity contribution in [2.45, 2.75) is 0 Å². The van der Waals surface area contributed by atoms with Crippen molar-refractivity contribution in [3.05, 3.63) is 43.5 Å². The highest BCUT2D eigenvalue weighted by Gasteiger charge is 2.16. The van der Waals surface area contributed by atoms with E-state index >= 15 is 0 Å². The third-order valence-corrected chi connectivity index (χ3v) is 3.34. The Morgan fingerprint density at radius 3 is 2.55 bits per heavy atom. The number of nitro benzene ring substituents is 1. The van der Waals surface area contributed by atoms with E-state index in [4.69, 9.17) is 10.6 Å². The third kappa shape index (κ3) is 3.21. The number of nitrogens with zero attached hydrogens (tertiary/aromatic N) is 3. The van der Waals surface area contributed by atoms with Crippen LogP contribution in [0.2, 0.25) is 0 Å². The molecule has 0 aliphatic rings. The summed E-state index contributed by atoms with van der Waals surface area (Å²) < 4.78 is 6.39. The van der Waals surface area contributed by atoms with Crippen molar-refractivity contribution in [2.75, 3.05) is 5.43 Å². The van der Waals surface area contributed by atoms with E-state index in [0.29, 0.717) is 14.7 Å². The molecule has 0 bridgehead atoms. The topological polar surface area (TPSA) is 116 Å². The molecule has 0 aliphatic heterocycles. The van der Waals surface area contributed by atoms with Gasteiger partial charge in [0, 0.05) is 24.4 Å². The molecule has 0 saturated heterocycles. The Morgan fingerprint density at radius 1 is 1.35 bits per heavy atom. The lowest BCUT2D eigenvalue weighted by atomic mass is 10.3. The van der Waals surface area contributed by atoms with Crippen LogP contribution in [-0.2, 0) is 0 Å². The maximum atomic E-state index is 10.7. The highest BCUT2D eigenvalue weighted by atomic mass is 79.9. The molecule has 0 aliphatic carbocycles. The quantitative estimate of drug-likeness (QED) is 0.457. The first-order valence-corrected chi connectivity index (χ1v) is 6.71. The van der Waals surface area contributed by atoms with Crippen LogP contribution in [0, 0.1) is 10.1 Å². The first kappa shape index (κ1) is 14.6. The number of benzene rings is 1. The average molecular weight is 405 g/mol. The Balaban J connectivity index is 2.36. The first-order valence-electron chi connectivity index (χ1n) is 5.12. The fourth-order valence-electron chi connectivity index (χ4n) is 1.32. The van der Waals surface area contributed by atoms with Gasteiger partial charge in [-0.25, -0.2) is 10.8 Å². The fourth-order valence-corrected chi connectivity index (χ4v) is 2.65. The molecule has 0 saturated carbocycles. The number of nitrogens with one attached hydrogen (secondary N) is 1. The van der Waals surface area contributed by atoms with Crippen LogP contribution in [0.5, 0.6) is 11.6 Å². The molecule has 8 nitrogen and oxygen atoms in total. The van der Waals surface area contributed by atoms with Crippen LogP contribution in [0.3, 0.4) is 0 Å². The number of nitrogen functional groups attached to an aromatic ring is 1. The maximum absolute atomic E-state index is 10.7. The second-order valence-electron chi connectivity index (χ2n) is 3.46. The summed E-state index contributed by atoms with van der Waals surface area (Å²) >= 11 is 6.43. The molecule has 10 heteroatoms. The Hall–Kier alpha value is -1.78. The molecule has 0 atom stereocenters. The van der Waals surface area contributed by atoms with Crippen LogP contribution < -0.4 is 16.0 Å². The number of aromatic nitrogens is 2. The number of non-ortho nitro benzene ring substituents is 1. The zero-order chi connectivity index (χ0) is 14.7. The van der Waals surface area contributed by atoms with Gasteiger partial charge in [0.15, 0.2) is 5.75 Å². The van der Waals surface area contributed by atoms with Crippen molar-refractivity contribution in [1.29, 1.82) is 0 Å². The summed E-state index contributed by atoms with van der Waals surface area (Å²) in [4.78, 5) is 18.1. The Bertz CT molecular complexity index is 644. The summed E-state index contributed by atoms with van der Waals surface area (Å²) in [5.41, 5.74) is 2.22. The van der Waals surface area contributed by atoms with E-state index in [2.05, 4.69) is 47.3 Å². The van der Waals surface area contributed by atoms with Gasteiger partial charge in [-0.15, -0.1) is 0 Å². The van der Waals surface area contributed by atoms with Crippen LogP contribution >= 0.6 is 31.9 Å². The molecule has 0 fully saturated rings. The van der Waals surface area contributed by atoms with Gasteiger partial charge in [-0.05, 0) is 31.9 Å². The summed E-state index contributed by atoms with van der Waals surface area (Å²) in [6.45, 7) is 0. The normalized spacial score (nSPS) is 10.2. The molecule has 1 aromatic heterocycles. The number of anilines is 1. The molecule has 20 heavy (non-hydrogen) atoms. The van der Waals surface area contributed by atoms with Crippen molar-refractivity contribution in [3.63, 3.8) is 0 Å². The van der Waals surface area contributed by atoms with Gasteiger partial charge in [0.2, 0.25) is 11.8 Å². The van der Waals surface area contributed by atoms with E-state index in [0.717, 1.165) is 0 Å². The van der Waals surface area contributed by atoms with E-state index in [1.54, 1.807) is 0 Å². The van der Waals surface area contributed by atoms with Crippen LogP contribution in [0.1, 0.15) is 0 Å². The molecule has 0 amide bonds. The number of nitro groups is 1. The van der Waals surface area contributed by atoms with E-state index in [9.17, 15) is 10.1 Å². The molecule has 1 heterocycles. The molecule has 104 valence electrons. The number of rotatable bonds is 4.